The minimum atomic E-state index is -4.16. The molecule has 11 atom stereocenters. The van der Waals surface area contributed by atoms with Gasteiger partial charge in [-0.05, 0) is 97.7 Å². The lowest BCUT2D eigenvalue weighted by molar-refractivity contribution is -0.207. The Kier molecular flexibility index (Phi) is 9.08. The molecule has 0 radical (unpaired) electrons. The molecule has 6 N–H and O–H groups in total. The molecule has 0 aromatic carbocycles. The van der Waals surface area contributed by atoms with E-state index in [4.69, 9.17) is 4.55 Å². The van der Waals surface area contributed by atoms with Crippen LogP contribution in [0.15, 0.2) is 0 Å². The van der Waals surface area contributed by atoms with Gasteiger partial charge >= 0.3 is 0 Å². The third-order valence-corrected chi connectivity index (χ3v) is 12.2. The number of nitrogens with one attached hydrogen (secondary N) is 2. The number of hydrogen-bond acceptors (Lipinski definition) is 7. The van der Waals surface area contributed by atoms with Gasteiger partial charge in [0.25, 0.3) is 10.1 Å². The van der Waals surface area contributed by atoms with E-state index >= 15 is 0 Å². The van der Waals surface area contributed by atoms with Crippen LogP contribution in [0.2, 0.25) is 0 Å². The number of carbonyl (C=O) groups excluding carboxylic acids is 2. The van der Waals surface area contributed by atoms with Crippen molar-refractivity contribution in [3.8, 4) is 0 Å². The second-order valence-corrected chi connectivity index (χ2v) is 15.0. The van der Waals surface area contributed by atoms with E-state index in [0.717, 1.165) is 38.5 Å². The summed E-state index contributed by atoms with van der Waals surface area (Å²) in [7, 11) is -4.16. The van der Waals surface area contributed by atoms with Gasteiger partial charge in [0.1, 0.15) is 0 Å². The molecule has 0 heterocycles. The van der Waals surface area contributed by atoms with Gasteiger partial charge in [-0.2, -0.15) is 8.42 Å². The first kappa shape index (κ1) is 30.7. The molecule has 0 aliphatic heterocycles. The zero-order chi connectivity index (χ0) is 28.8. The summed E-state index contributed by atoms with van der Waals surface area (Å²) in [4.78, 5) is 24.2. The van der Waals surface area contributed by atoms with Gasteiger partial charge in [0.15, 0.2) is 0 Å². The van der Waals surface area contributed by atoms with Gasteiger partial charge < -0.3 is 26.0 Å². The van der Waals surface area contributed by atoms with E-state index in [9.17, 15) is 33.3 Å². The zero-order valence-electron chi connectivity index (χ0n) is 23.5. The maximum Gasteiger partial charge on any atom is 0.266 e. The molecule has 0 bridgehead atoms. The smallest absolute Gasteiger partial charge is 0.266 e. The number of aliphatic hydroxyl groups excluding tert-OH is 3. The van der Waals surface area contributed by atoms with Crippen molar-refractivity contribution in [2.24, 2.45) is 46.3 Å². The number of rotatable bonds is 9. The molecule has 4 rings (SSSR count). The maximum atomic E-state index is 12.4. The highest BCUT2D eigenvalue weighted by Gasteiger charge is 2.65. The number of fused-ring (bicyclic) bond motifs is 5. The lowest BCUT2D eigenvalue weighted by Crippen LogP contribution is -2.62. The van der Waals surface area contributed by atoms with Gasteiger partial charge in [-0.1, -0.05) is 20.8 Å². The molecular weight excluding hydrogens is 524 g/mol. The molecule has 0 aromatic rings. The quantitative estimate of drug-likeness (QED) is 0.225. The first-order valence-electron chi connectivity index (χ1n) is 14.7. The van der Waals surface area contributed by atoms with Crippen molar-refractivity contribution in [2.75, 3.05) is 18.8 Å². The van der Waals surface area contributed by atoms with Gasteiger partial charge in [0, 0.05) is 13.0 Å². The lowest BCUT2D eigenvalue weighted by atomic mass is 9.43. The van der Waals surface area contributed by atoms with Crippen LogP contribution in [-0.2, 0) is 19.7 Å². The number of hydrogen-bond donors (Lipinski definition) is 6. The summed E-state index contributed by atoms with van der Waals surface area (Å²) < 4.78 is 30.2. The summed E-state index contributed by atoms with van der Waals surface area (Å²) in [6.45, 7) is 6.15. The Bertz CT molecular complexity index is 1020. The van der Waals surface area contributed by atoms with Crippen molar-refractivity contribution in [2.45, 2.75) is 96.9 Å². The molecule has 0 unspecified atom stereocenters. The van der Waals surface area contributed by atoms with E-state index in [1.807, 2.05) is 0 Å². The van der Waals surface area contributed by atoms with Crippen LogP contribution in [0.3, 0.4) is 0 Å². The van der Waals surface area contributed by atoms with Crippen LogP contribution < -0.4 is 10.6 Å². The normalized spacial score (nSPS) is 42.5. The van der Waals surface area contributed by atoms with E-state index in [-0.39, 0.29) is 77.9 Å². The van der Waals surface area contributed by atoms with E-state index in [1.54, 1.807) is 0 Å². The molecular formula is C28H48N2O8S. The third-order valence-electron chi connectivity index (χ3n) is 11.5. The summed E-state index contributed by atoms with van der Waals surface area (Å²) in [5.41, 5.74) is -0.297. The van der Waals surface area contributed by atoms with Gasteiger partial charge in [0.2, 0.25) is 11.8 Å². The molecule has 0 saturated heterocycles. The molecule has 11 heteroatoms. The minimum absolute atomic E-state index is 0.0336. The Labute approximate surface area is 232 Å². The third kappa shape index (κ3) is 6.17. The van der Waals surface area contributed by atoms with Crippen molar-refractivity contribution in [1.29, 1.82) is 0 Å². The largest absolute Gasteiger partial charge is 0.393 e. The van der Waals surface area contributed by atoms with E-state index in [0.29, 0.717) is 12.8 Å². The van der Waals surface area contributed by atoms with Gasteiger partial charge in [-0.25, -0.2) is 0 Å². The Balaban J connectivity index is 1.33. The second-order valence-electron chi connectivity index (χ2n) is 13.5. The first-order valence-corrected chi connectivity index (χ1v) is 16.3. The second kappa shape index (κ2) is 11.5. The fraction of sp³-hybridized carbons (Fsp3) is 0.929. The fourth-order valence-electron chi connectivity index (χ4n) is 9.34. The highest BCUT2D eigenvalue weighted by atomic mass is 32.2. The first-order chi connectivity index (χ1) is 18.2. The van der Waals surface area contributed by atoms with E-state index in [2.05, 4.69) is 31.4 Å². The monoisotopic (exact) mass is 572 g/mol. The number of aliphatic hydroxyl groups is 3. The van der Waals surface area contributed by atoms with Crippen molar-refractivity contribution in [1.82, 2.24) is 10.6 Å². The number of amides is 2. The summed E-state index contributed by atoms with van der Waals surface area (Å²) in [6.07, 6.45) is 5.44. The Morgan fingerprint density at radius 2 is 1.69 bits per heavy atom. The topological polar surface area (TPSA) is 173 Å². The molecule has 4 fully saturated rings. The lowest BCUT2D eigenvalue weighted by Gasteiger charge is -2.63. The molecule has 4 aliphatic rings. The van der Waals surface area contributed by atoms with Crippen LogP contribution in [0.1, 0.15) is 78.6 Å². The van der Waals surface area contributed by atoms with E-state index < -0.39 is 34.0 Å². The van der Waals surface area contributed by atoms with Crippen molar-refractivity contribution >= 4 is 21.9 Å². The van der Waals surface area contributed by atoms with Gasteiger partial charge in [-0.3, -0.25) is 14.1 Å². The van der Waals surface area contributed by atoms with Crippen LogP contribution >= 0.6 is 0 Å². The molecule has 2 amide bonds. The van der Waals surface area contributed by atoms with Crippen molar-refractivity contribution in [3.05, 3.63) is 0 Å². The van der Waals surface area contributed by atoms with Crippen LogP contribution in [0, 0.1) is 46.3 Å². The van der Waals surface area contributed by atoms with Gasteiger partial charge in [0.05, 0.1) is 30.6 Å². The van der Waals surface area contributed by atoms with E-state index in [1.165, 1.54) is 0 Å². The summed E-state index contributed by atoms with van der Waals surface area (Å²) >= 11 is 0. The zero-order valence-corrected chi connectivity index (χ0v) is 24.3. The van der Waals surface area contributed by atoms with Crippen LogP contribution in [0.25, 0.3) is 0 Å². The van der Waals surface area contributed by atoms with Crippen LogP contribution in [-0.4, -0.2) is 77.3 Å². The molecule has 39 heavy (non-hydrogen) atoms. The molecule has 0 spiro atoms. The van der Waals surface area contributed by atoms with Crippen LogP contribution in [0.4, 0.5) is 0 Å². The van der Waals surface area contributed by atoms with Gasteiger partial charge in [-0.15, -0.1) is 0 Å². The molecule has 4 aliphatic carbocycles. The highest BCUT2D eigenvalue weighted by Crippen LogP contribution is 2.68. The average Bonchev–Trinajstić information content (AvgIpc) is 3.20. The summed E-state index contributed by atoms with van der Waals surface area (Å²) in [5, 5.41) is 38.3. The van der Waals surface area contributed by atoms with Crippen LogP contribution in [0.5, 0.6) is 0 Å². The predicted octanol–water partition coefficient (Wildman–Crippen LogP) is 1.48. The molecule has 0 aromatic heterocycles. The molecule has 224 valence electrons. The molecule has 10 nitrogen and oxygen atoms in total. The summed E-state index contributed by atoms with van der Waals surface area (Å²) in [5.74, 6) is -0.0801. The Morgan fingerprint density at radius 1 is 0.974 bits per heavy atom. The fourth-order valence-corrected chi connectivity index (χ4v) is 9.70. The number of carbonyl (C=O) groups is 2. The maximum absolute atomic E-state index is 12.4. The minimum Gasteiger partial charge on any atom is -0.393 e. The SMILES string of the molecule is C[C@@H](CCC(=O)NCC(=O)NCCS(=O)(=O)O)[C@H]1CC[C@H]2[C@@H]3[C@H](O)C[C@@H]4C[C@H](O)CC[C@]4(C)[C@H]3C[C@H](O)[C@]12C. The Hall–Kier alpha value is -1.27. The van der Waals surface area contributed by atoms with Crippen molar-refractivity contribution < 1.29 is 37.9 Å². The predicted molar refractivity (Wildman–Crippen MR) is 145 cm³/mol. The standard InChI is InChI=1S/C28H48N2O8S/c1-16(4-7-24(34)30-15-25(35)29-10-11-39(36,37)38)19-5-6-20-26-21(14-23(33)28(19,20)3)27(2)9-8-18(31)12-17(27)13-22(26)32/h16-23,26,31-33H,4-15H2,1-3H3,(H,29,35)(H,30,34)(H,36,37,38)/t16-,17-,18+,19+,20-,21-,22+,23-,26-,27-,28+/m0/s1. The highest BCUT2D eigenvalue weighted by molar-refractivity contribution is 7.85. The summed E-state index contributed by atoms with van der Waals surface area (Å²) in [6, 6.07) is 0. The molecule has 4 saturated carbocycles. The average molecular weight is 573 g/mol. The Morgan fingerprint density at radius 3 is 2.38 bits per heavy atom. The van der Waals surface area contributed by atoms with Crippen molar-refractivity contribution in [3.63, 3.8) is 0 Å².